The van der Waals surface area contributed by atoms with Crippen molar-refractivity contribution in [2.24, 2.45) is 5.14 Å². The van der Waals surface area contributed by atoms with Crippen LogP contribution in [-0.2, 0) is 19.6 Å². The maximum Gasteiger partial charge on any atom is 0.340 e. The summed E-state index contributed by atoms with van der Waals surface area (Å²) in [5, 5.41) is 7.60. The van der Waals surface area contributed by atoms with Crippen LogP contribution in [0.15, 0.2) is 52.3 Å². The first-order valence-corrected chi connectivity index (χ1v) is 10.3. The summed E-state index contributed by atoms with van der Waals surface area (Å²) >= 11 is 7.40. The number of carbonyl (C=O) groups excluding carboxylic acids is 2. The summed E-state index contributed by atoms with van der Waals surface area (Å²) in [5.74, 6) is -1.48. The van der Waals surface area contributed by atoms with Gasteiger partial charge < -0.3 is 10.1 Å². The van der Waals surface area contributed by atoms with E-state index in [9.17, 15) is 18.0 Å². The fraction of sp³-hybridized carbons (Fsp3) is 0.125. The zero-order chi connectivity index (χ0) is 19.3. The highest BCUT2D eigenvalue weighted by molar-refractivity contribution is 7.98. The Kier molecular flexibility index (Phi) is 6.65. The number of nitrogens with two attached hydrogens (primary N) is 1. The Labute approximate surface area is 159 Å². The van der Waals surface area contributed by atoms with Crippen molar-refractivity contribution < 1.29 is 22.7 Å². The molecule has 1 amide bonds. The standard InChI is InChI=1S/C16H15ClN2O5S2/c1-25-11-4-2-3-10(7-11)19-15(20)9-24-16(21)13-8-12(26(18,22)23)5-6-14(13)17/h2-8H,9H2,1H3,(H,19,20)(H2,18,22,23). The molecule has 0 heterocycles. The third kappa shape index (κ3) is 5.46. The molecule has 0 spiro atoms. The van der Waals surface area contributed by atoms with E-state index in [4.69, 9.17) is 21.5 Å². The SMILES string of the molecule is CSc1cccc(NC(=O)COC(=O)c2cc(S(N)(=O)=O)ccc2Cl)c1. The summed E-state index contributed by atoms with van der Waals surface area (Å²) in [4.78, 5) is 24.7. The number of halogens is 1. The van der Waals surface area contributed by atoms with Crippen molar-refractivity contribution in [1.29, 1.82) is 0 Å². The van der Waals surface area contributed by atoms with E-state index in [0.717, 1.165) is 11.0 Å². The van der Waals surface area contributed by atoms with Crippen LogP contribution in [0.5, 0.6) is 0 Å². The summed E-state index contributed by atoms with van der Waals surface area (Å²) in [6.45, 7) is -0.557. The first-order valence-electron chi connectivity index (χ1n) is 7.14. The van der Waals surface area contributed by atoms with E-state index in [2.05, 4.69) is 5.32 Å². The van der Waals surface area contributed by atoms with Gasteiger partial charge in [-0.3, -0.25) is 4.79 Å². The number of thioether (sulfide) groups is 1. The van der Waals surface area contributed by atoms with Gasteiger partial charge in [-0.05, 0) is 42.7 Å². The zero-order valence-corrected chi connectivity index (χ0v) is 16.0. The molecule has 0 atom stereocenters. The topological polar surface area (TPSA) is 116 Å². The number of anilines is 1. The minimum absolute atomic E-state index is 0.0181. The van der Waals surface area contributed by atoms with Gasteiger partial charge in [0, 0.05) is 10.6 Å². The van der Waals surface area contributed by atoms with Gasteiger partial charge in [0.2, 0.25) is 10.0 Å². The van der Waals surface area contributed by atoms with Gasteiger partial charge in [-0.25, -0.2) is 18.4 Å². The van der Waals surface area contributed by atoms with E-state index < -0.39 is 28.5 Å². The number of primary sulfonamides is 1. The molecule has 7 nitrogen and oxygen atoms in total. The predicted molar refractivity (Wildman–Crippen MR) is 100.0 cm³/mol. The van der Waals surface area contributed by atoms with Crippen LogP contribution in [-0.4, -0.2) is 33.2 Å². The number of hydrogen-bond donors (Lipinski definition) is 2. The fourth-order valence-corrected chi connectivity index (χ4v) is 3.14. The van der Waals surface area contributed by atoms with Crippen molar-refractivity contribution in [3.63, 3.8) is 0 Å². The van der Waals surface area contributed by atoms with Crippen LogP contribution in [0, 0.1) is 0 Å². The molecule has 0 aliphatic heterocycles. The highest BCUT2D eigenvalue weighted by atomic mass is 35.5. The zero-order valence-electron chi connectivity index (χ0n) is 13.6. The van der Waals surface area contributed by atoms with Crippen LogP contribution in [0.3, 0.4) is 0 Å². The highest BCUT2D eigenvalue weighted by Gasteiger charge is 2.18. The fourth-order valence-electron chi connectivity index (χ4n) is 1.94. The van der Waals surface area contributed by atoms with Gasteiger partial charge in [0.1, 0.15) is 0 Å². The lowest BCUT2D eigenvalue weighted by Crippen LogP contribution is -2.21. The third-order valence-electron chi connectivity index (χ3n) is 3.17. The Morgan fingerprint density at radius 3 is 2.62 bits per heavy atom. The van der Waals surface area contributed by atoms with E-state index in [1.54, 1.807) is 18.2 Å². The molecule has 0 fully saturated rings. The first-order chi connectivity index (χ1) is 12.2. The van der Waals surface area contributed by atoms with Gasteiger partial charge in [-0.2, -0.15) is 0 Å². The lowest BCUT2D eigenvalue weighted by molar-refractivity contribution is -0.119. The van der Waals surface area contributed by atoms with Crippen LogP contribution < -0.4 is 10.5 Å². The lowest BCUT2D eigenvalue weighted by Gasteiger charge is -2.09. The molecule has 0 radical (unpaired) electrons. The normalized spacial score (nSPS) is 11.0. The molecule has 0 aromatic heterocycles. The molecule has 0 bridgehead atoms. The number of carbonyl (C=O) groups is 2. The van der Waals surface area contributed by atoms with Gasteiger partial charge in [0.25, 0.3) is 5.91 Å². The van der Waals surface area contributed by atoms with Crippen molar-refractivity contribution in [3.05, 3.63) is 53.1 Å². The monoisotopic (exact) mass is 414 g/mol. The molecule has 0 aliphatic rings. The van der Waals surface area contributed by atoms with Crippen LogP contribution in [0.2, 0.25) is 5.02 Å². The van der Waals surface area contributed by atoms with Crippen molar-refractivity contribution in [3.8, 4) is 0 Å². The number of hydrogen-bond acceptors (Lipinski definition) is 6. The second-order valence-electron chi connectivity index (χ2n) is 5.04. The average Bonchev–Trinajstić information content (AvgIpc) is 2.59. The van der Waals surface area contributed by atoms with Crippen LogP contribution in [0.4, 0.5) is 5.69 Å². The molecule has 0 unspecified atom stereocenters. The van der Waals surface area contributed by atoms with E-state index in [-0.39, 0.29) is 15.5 Å². The van der Waals surface area contributed by atoms with E-state index >= 15 is 0 Å². The second kappa shape index (κ2) is 8.54. The molecular formula is C16H15ClN2O5S2. The molecule has 2 rings (SSSR count). The second-order valence-corrected chi connectivity index (χ2v) is 7.89. The molecule has 26 heavy (non-hydrogen) atoms. The molecule has 10 heteroatoms. The number of benzene rings is 2. The van der Waals surface area contributed by atoms with Gasteiger partial charge >= 0.3 is 5.97 Å². The number of nitrogens with one attached hydrogen (secondary N) is 1. The van der Waals surface area contributed by atoms with E-state index in [0.29, 0.717) is 5.69 Å². The van der Waals surface area contributed by atoms with Gasteiger partial charge in [0.15, 0.2) is 6.61 Å². The Morgan fingerprint density at radius 2 is 1.96 bits per heavy atom. The molecule has 0 saturated carbocycles. The van der Waals surface area contributed by atoms with Gasteiger partial charge in [-0.1, -0.05) is 17.7 Å². The number of rotatable bonds is 6. The minimum Gasteiger partial charge on any atom is -0.452 e. The van der Waals surface area contributed by atoms with Crippen molar-refractivity contribution in [2.45, 2.75) is 9.79 Å². The molecular weight excluding hydrogens is 400 g/mol. The number of amides is 1. The minimum atomic E-state index is -4.00. The predicted octanol–water partition coefficient (Wildman–Crippen LogP) is 2.50. The summed E-state index contributed by atoms with van der Waals surface area (Å²) in [7, 11) is -4.00. The Bertz CT molecular complexity index is 947. The maximum absolute atomic E-state index is 12.1. The summed E-state index contributed by atoms with van der Waals surface area (Å²) in [6.07, 6.45) is 1.90. The molecule has 0 saturated heterocycles. The summed E-state index contributed by atoms with van der Waals surface area (Å²) in [6, 6.07) is 10.5. The number of sulfonamides is 1. The molecule has 2 aromatic rings. The maximum atomic E-state index is 12.1. The summed E-state index contributed by atoms with van der Waals surface area (Å²) < 4.78 is 27.6. The Morgan fingerprint density at radius 1 is 1.23 bits per heavy atom. The van der Waals surface area contributed by atoms with Crippen molar-refractivity contribution in [2.75, 3.05) is 18.2 Å². The Hall–Kier alpha value is -2.07. The Balaban J connectivity index is 2.03. The molecule has 0 aliphatic carbocycles. The van der Waals surface area contributed by atoms with Crippen LogP contribution >= 0.6 is 23.4 Å². The van der Waals surface area contributed by atoms with Crippen molar-refractivity contribution >= 4 is 50.9 Å². The van der Waals surface area contributed by atoms with E-state index in [1.165, 1.54) is 23.9 Å². The average molecular weight is 415 g/mol. The molecule has 138 valence electrons. The van der Waals surface area contributed by atoms with Gasteiger partial charge in [-0.15, -0.1) is 11.8 Å². The smallest absolute Gasteiger partial charge is 0.340 e. The van der Waals surface area contributed by atoms with Crippen molar-refractivity contribution in [1.82, 2.24) is 0 Å². The van der Waals surface area contributed by atoms with Crippen LogP contribution in [0.25, 0.3) is 0 Å². The lowest BCUT2D eigenvalue weighted by atomic mass is 10.2. The number of esters is 1. The third-order valence-corrected chi connectivity index (χ3v) is 5.14. The van der Waals surface area contributed by atoms with Crippen LogP contribution in [0.1, 0.15) is 10.4 Å². The largest absolute Gasteiger partial charge is 0.452 e. The molecule has 3 N–H and O–H groups in total. The molecule has 2 aromatic carbocycles. The summed E-state index contributed by atoms with van der Waals surface area (Å²) in [5.41, 5.74) is 0.363. The van der Waals surface area contributed by atoms with E-state index in [1.807, 2.05) is 12.3 Å². The number of ether oxygens (including phenoxy) is 1. The first kappa shape index (κ1) is 20.2. The highest BCUT2D eigenvalue weighted by Crippen LogP contribution is 2.21. The van der Waals surface area contributed by atoms with Gasteiger partial charge in [0.05, 0.1) is 15.5 Å². The quantitative estimate of drug-likeness (QED) is 0.554.